The average molecular weight is 246 g/mol. The van der Waals surface area contributed by atoms with Gasteiger partial charge in [0.05, 0.1) is 23.2 Å². The third kappa shape index (κ3) is 2.18. The summed E-state index contributed by atoms with van der Waals surface area (Å²) in [6.45, 7) is 1.71. The van der Waals surface area contributed by atoms with Crippen LogP contribution in [0.15, 0.2) is 18.5 Å². The molecule has 18 heavy (non-hydrogen) atoms. The summed E-state index contributed by atoms with van der Waals surface area (Å²) in [6, 6.07) is 1.98. The number of hydrogen-bond donors (Lipinski definition) is 1. The van der Waals surface area contributed by atoms with Gasteiger partial charge in [0, 0.05) is 26.4 Å². The Morgan fingerprint density at radius 1 is 1.50 bits per heavy atom. The molecule has 3 rings (SSSR count). The average Bonchev–Trinajstić information content (AvgIpc) is 2.80. The van der Waals surface area contributed by atoms with E-state index in [1.807, 2.05) is 30.2 Å². The van der Waals surface area contributed by atoms with Crippen LogP contribution in [0, 0.1) is 0 Å². The monoisotopic (exact) mass is 246 g/mol. The molecule has 3 heterocycles. The third-order valence-electron chi connectivity index (χ3n) is 3.45. The van der Waals surface area contributed by atoms with Crippen LogP contribution in [0.1, 0.15) is 19.3 Å². The lowest BCUT2D eigenvalue weighted by Gasteiger charge is -2.23. The fraction of sp³-hybridized carbons (Fsp3) is 0.538. The maximum Gasteiger partial charge on any atom is 0.137 e. The van der Waals surface area contributed by atoms with Crippen LogP contribution in [0.2, 0.25) is 0 Å². The van der Waals surface area contributed by atoms with Crippen molar-refractivity contribution in [2.45, 2.75) is 25.4 Å². The lowest BCUT2D eigenvalue weighted by Crippen LogP contribution is -2.27. The van der Waals surface area contributed by atoms with E-state index in [1.54, 1.807) is 0 Å². The van der Waals surface area contributed by atoms with Crippen molar-refractivity contribution in [1.29, 1.82) is 0 Å². The van der Waals surface area contributed by atoms with Crippen molar-refractivity contribution in [1.82, 2.24) is 14.8 Å². The predicted molar refractivity (Wildman–Crippen MR) is 70.6 cm³/mol. The second-order valence-corrected chi connectivity index (χ2v) is 4.73. The highest BCUT2D eigenvalue weighted by atomic mass is 16.5. The molecule has 5 nitrogen and oxygen atoms in total. The van der Waals surface area contributed by atoms with Crippen molar-refractivity contribution in [3.8, 4) is 0 Å². The smallest absolute Gasteiger partial charge is 0.137 e. The molecule has 1 aliphatic rings. The third-order valence-corrected chi connectivity index (χ3v) is 3.45. The number of aryl methyl sites for hydroxylation is 1. The number of rotatable bonds is 3. The molecular formula is C13H18N4O. The SMILES string of the molecule is Cn1ncc2c(NCC3CCCCO3)nccc21. The van der Waals surface area contributed by atoms with Crippen molar-refractivity contribution in [3.63, 3.8) is 0 Å². The van der Waals surface area contributed by atoms with Crippen molar-refractivity contribution in [2.24, 2.45) is 7.05 Å². The van der Waals surface area contributed by atoms with E-state index in [0.717, 1.165) is 36.3 Å². The van der Waals surface area contributed by atoms with E-state index < -0.39 is 0 Å². The summed E-state index contributed by atoms with van der Waals surface area (Å²) in [7, 11) is 1.94. The Morgan fingerprint density at radius 3 is 3.28 bits per heavy atom. The summed E-state index contributed by atoms with van der Waals surface area (Å²) in [5.74, 6) is 0.898. The van der Waals surface area contributed by atoms with Gasteiger partial charge < -0.3 is 10.1 Å². The van der Waals surface area contributed by atoms with Gasteiger partial charge in [-0.1, -0.05) is 0 Å². The summed E-state index contributed by atoms with van der Waals surface area (Å²) >= 11 is 0. The molecule has 2 aromatic rings. The second-order valence-electron chi connectivity index (χ2n) is 4.73. The Balaban J connectivity index is 1.74. The zero-order valence-electron chi connectivity index (χ0n) is 10.6. The fourth-order valence-corrected chi connectivity index (χ4v) is 2.40. The fourth-order valence-electron chi connectivity index (χ4n) is 2.40. The Morgan fingerprint density at radius 2 is 2.44 bits per heavy atom. The van der Waals surface area contributed by atoms with Crippen LogP contribution in [-0.2, 0) is 11.8 Å². The molecule has 1 N–H and O–H groups in total. The molecule has 0 bridgehead atoms. The van der Waals surface area contributed by atoms with Gasteiger partial charge in [0.2, 0.25) is 0 Å². The first-order valence-corrected chi connectivity index (χ1v) is 6.47. The number of hydrogen-bond acceptors (Lipinski definition) is 4. The minimum absolute atomic E-state index is 0.312. The lowest BCUT2D eigenvalue weighted by molar-refractivity contribution is 0.0247. The number of aromatic nitrogens is 3. The number of anilines is 1. The van der Waals surface area contributed by atoms with Crippen molar-refractivity contribution in [2.75, 3.05) is 18.5 Å². The van der Waals surface area contributed by atoms with Gasteiger partial charge in [-0.2, -0.15) is 5.10 Å². The van der Waals surface area contributed by atoms with Crippen LogP contribution in [0.25, 0.3) is 10.9 Å². The van der Waals surface area contributed by atoms with E-state index in [0.29, 0.717) is 6.10 Å². The van der Waals surface area contributed by atoms with Crippen molar-refractivity contribution >= 4 is 16.7 Å². The molecule has 5 heteroatoms. The molecule has 1 fully saturated rings. The van der Waals surface area contributed by atoms with Crippen LogP contribution in [0.3, 0.4) is 0 Å². The molecule has 0 aliphatic carbocycles. The number of fused-ring (bicyclic) bond motifs is 1. The maximum atomic E-state index is 5.71. The molecule has 0 radical (unpaired) electrons. The molecule has 1 saturated heterocycles. The summed E-state index contributed by atoms with van der Waals surface area (Å²) in [5, 5.41) is 8.70. The number of pyridine rings is 1. The molecule has 1 unspecified atom stereocenters. The Bertz CT molecular complexity index is 531. The molecular weight excluding hydrogens is 228 g/mol. The van der Waals surface area contributed by atoms with Crippen LogP contribution >= 0.6 is 0 Å². The molecule has 1 atom stereocenters. The van der Waals surface area contributed by atoms with E-state index in [9.17, 15) is 0 Å². The van der Waals surface area contributed by atoms with E-state index in [4.69, 9.17) is 4.74 Å². The normalized spacial score (nSPS) is 20.2. The zero-order valence-corrected chi connectivity index (χ0v) is 10.6. The van der Waals surface area contributed by atoms with E-state index >= 15 is 0 Å². The van der Waals surface area contributed by atoms with Gasteiger partial charge in [-0.15, -0.1) is 0 Å². The van der Waals surface area contributed by atoms with Gasteiger partial charge in [0.15, 0.2) is 0 Å². The Hall–Kier alpha value is -1.62. The summed E-state index contributed by atoms with van der Waals surface area (Å²) in [5.41, 5.74) is 1.09. The first kappa shape index (κ1) is 11.5. The standard InChI is InChI=1S/C13H18N4O/c1-17-12-5-6-14-13(11(12)9-16-17)15-8-10-4-2-3-7-18-10/h5-6,9-10H,2-4,7-8H2,1H3,(H,14,15). The van der Waals surface area contributed by atoms with Gasteiger partial charge >= 0.3 is 0 Å². The van der Waals surface area contributed by atoms with Crippen LogP contribution in [0.5, 0.6) is 0 Å². The molecule has 0 saturated carbocycles. The van der Waals surface area contributed by atoms with Crippen LogP contribution in [0.4, 0.5) is 5.82 Å². The van der Waals surface area contributed by atoms with Gasteiger partial charge in [0.25, 0.3) is 0 Å². The number of nitrogens with zero attached hydrogens (tertiary/aromatic N) is 3. The quantitative estimate of drug-likeness (QED) is 0.899. The van der Waals surface area contributed by atoms with Crippen LogP contribution < -0.4 is 5.32 Å². The summed E-state index contributed by atoms with van der Waals surface area (Å²) < 4.78 is 7.57. The molecule has 2 aromatic heterocycles. The van der Waals surface area contributed by atoms with E-state index in [-0.39, 0.29) is 0 Å². The molecule has 0 spiro atoms. The largest absolute Gasteiger partial charge is 0.376 e. The molecule has 0 aromatic carbocycles. The first-order valence-electron chi connectivity index (χ1n) is 6.47. The summed E-state index contributed by atoms with van der Waals surface area (Å²) in [4.78, 5) is 4.38. The van der Waals surface area contributed by atoms with Crippen molar-refractivity contribution < 1.29 is 4.74 Å². The Labute approximate surface area is 106 Å². The highest BCUT2D eigenvalue weighted by Gasteiger charge is 2.14. The molecule has 1 aliphatic heterocycles. The minimum atomic E-state index is 0.312. The van der Waals surface area contributed by atoms with Crippen LogP contribution in [-0.4, -0.2) is 34.0 Å². The second kappa shape index (κ2) is 4.94. The topological polar surface area (TPSA) is 52.0 Å². The lowest BCUT2D eigenvalue weighted by atomic mass is 10.1. The summed E-state index contributed by atoms with van der Waals surface area (Å²) in [6.07, 6.45) is 7.56. The number of nitrogens with one attached hydrogen (secondary N) is 1. The van der Waals surface area contributed by atoms with Crippen molar-refractivity contribution in [3.05, 3.63) is 18.5 Å². The minimum Gasteiger partial charge on any atom is -0.376 e. The molecule has 96 valence electrons. The first-order chi connectivity index (χ1) is 8.84. The van der Waals surface area contributed by atoms with E-state index in [1.165, 1.54) is 12.8 Å². The number of ether oxygens (including phenoxy) is 1. The maximum absolute atomic E-state index is 5.71. The highest BCUT2D eigenvalue weighted by Crippen LogP contribution is 2.20. The van der Waals surface area contributed by atoms with E-state index in [2.05, 4.69) is 15.4 Å². The van der Waals surface area contributed by atoms with Gasteiger partial charge in [-0.25, -0.2) is 4.98 Å². The highest BCUT2D eigenvalue weighted by molar-refractivity contribution is 5.88. The van der Waals surface area contributed by atoms with Gasteiger partial charge in [-0.05, 0) is 25.3 Å². The Kier molecular flexibility index (Phi) is 3.15. The van der Waals surface area contributed by atoms with Gasteiger partial charge in [-0.3, -0.25) is 4.68 Å². The van der Waals surface area contributed by atoms with Gasteiger partial charge in [0.1, 0.15) is 5.82 Å². The zero-order chi connectivity index (χ0) is 12.4. The molecule has 0 amide bonds. The predicted octanol–water partition coefficient (Wildman–Crippen LogP) is 1.95.